The van der Waals surface area contributed by atoms with Gasteiger partial charge < -0.3 is 16.0 Å². The summed E-state index contributed by atoms with van der Waals surface area (Å²) in [5.41, 5.74) is 1.23. The third kappa shape index (κ3) is 5.68. The fraction of sp³-hybridized carbons (Fsp3) is 0.350. The predicted molar refractivity (Wildman–Crippen MR) is 114 cm³/mol. The Bertz CT molecular complexity index is 946. The van der Waals surface area contributed by atoms with Crippen LogP contribution in [-0.2, 0) is 14.8 Å². The number of para-hydroxylation sites is 1. The Morgan fingerprint density at radius 3 is 2.28 bits per heavy atom. The van der Waals surface area contributed by atoms with Gasteiger partial charge in [-0.2, -0.15) is 4.31 Å². The van der Waals surface area contributed by atoms with Gasteiger partial charge in [0.1, 0.15) is 5.82 Å². The number of amides is 1. The van der Waals surface area contributed by atoms with E-state index in [2.05, 4.69) is 16.0 Å². The molecule has 0 aromatic heterocycles. The fourth-order valence-corrected chi connectivity index (χ4v) is 4.30. The van der Waals surface area contributed by atoms with E-state index >= 15 is 0 Å². The maximum Gasteiger partial charge on any atom is 0.243 e. The van der Waals surface area contributed by atoms with Crippen LogP contribution in [-0.4, -0.2) is 44.8 Å². The molecule has 1 amide bonds. The summed E-state index contributed by atoms with van der Waals surface area (Å²) in [4.78, 5) is 12.3. The zero-order valence-corrected chi connectivity index (χ0v) is 17.6. The van der Waals surface area contributed by atoms with E-state index in [0.717, 1.165) is 0 Å². The molecule has 2 aromatic carbocycles. The van der Waals surface area contributed by atoms with Gasteiger partial charge in [0.25, 0.3) is 0 Å². The van der Waals surface area contributed by atoms with Crippen LogP contribution in [0.1, 0.15) is 20.8 Å². The van der Waals surface area contributed by atoms with Gasteiger partial charge in [-0.1, -0.05) is 26.0 Å². The number of sulfonamides is 1. The van der Waals surface area contributed by atoms with Crippen molar-refractivity contribution in [1.82, 2.24) is 4.31 Å². The minimum Gasteiger partial charge on any atom is -0.384 e. The van der Waals surface area contributed by atoms with E-state index in [9.17, 15) is 17.6 Å². The van der Waals surface area contributed by atoms with Crippen molar-refractivity contribution in [2.24, 2.45) is 0 Å². The Morgan fingerprint density at radius 1 is 0.966 bits per heavy atom. The number of hydrogen-bond acceptors (Lipinski definition) is 5. The molecule has 29 heavy (non-hydrogen) atoms. The molecule has 7 nitrogen and oxygen atoms in total. The molecule has 158 valence electrons. The van der Waals surface area contributed by atoms with Crippen molar-refractivity contribution in [3.63, 3.8) is 0 Å². The first-order valence-electron chi connectivity index (χ1n) is 9.49. The van der Waals surface area contributed by atoms with Gasteiger partial charge in [-0.3, -0.25) is 4.79 Å². The number of nitrogens with zero attached hydrogens (tertiary/aromatic N) is 1. The normalized spacial score (nSPS) is 11.3. The summed E-state index contributed by atoms with van der Waals surface area (Å²) >= 11 is 0. The first-order valence-corrected chi connectivity index (χ1v) is 10.9. The Labute approximate surface area is 171 Å². The van der Waals surface area contributed by atoms with Crippen molar-refractivity contribution in [2.75, 3.05) is 42.1 Å². The molecule has 0 bridgehead atoms. The van der Waals surface area contributed by atoms with Crippen molar-refractivity contribution in [3.8, 4) is 0 Å². The maximum absolute atomic E-state index is 13.7. The Kier molecular flexibility index (Phi) is 7.98. The molecule has 0 unspecified atom stereocenters. The summed E-state index contributed by atoms with van der Waals surface area (Å²) in [7, 11) is -3.63. The van der Waals surface area contributed by atoms with Gasteiger partial charge in [0.2, 0.25) is 15.9 Å². The van der Waals surface area contributed by atoms with Crippen LogP contribution in [0.3, 0.4) is 0 Å². The lowest BCUT2D eigenvalue weighted by molar-refractivity contribution is -0.114. The monoisotopic (exact) mass is 422 g/mol. The summed E-state index contributed by atoms with van der Waals surface area (Å²) in [6, 6.07) is 10.6. The zero-order valence-electron chi connectivity index (χ0n) is 16.8. The standard InChI is InChI=1S/C20H27FN4O3S/c1-4-22-18-12-11-15(29(27,28)25(5-2)6-3)13-19(18)23-14-20(26)24-17-10-8-7-9-16(17)21/h7-13,22-23H,4-6,14H2,1-3H3,(H,24,26). The molecule has 0 fully saturated rings. The van der Waals surface area contributed by atoms with Crippen molar-refractivity contribution in [1.29, 1.82) is 0 Å². The number of halogens is 1. The SMILES string of the molecule is CCNc1ccc(S(=O)(=O)N(CC)CC)cc1NCC(=O)Nc1ccccc1F. The van der Waals surface area contributed by atoms with E-state index < -0.39 is 21.7 Å². The number of carbonyl (C=O) groups is 1. The molecule has 2 rings (SSSR count). The lowest BCUT2D eigenvalue weighted by Gasteiger charge is -2.20. The highest BCUT2D eigenvalue weighted by atomic mass is 32.2. The second kappa shape index (κ2) is 10.2. The quantitative estimate of drug-likeness (QED) is 0.546. The molecular weight excluding hydrogens is 395 g/mol. The van der Waals surface area contributed by atoms with Crippen LogP contribution in [0.15, 0.2) is 47.4 Å². The number of nitrogens with one attached hydrogen (secondary N) is 3. The Hall–Kier alpha value is -2.65. The molecule has 0 spiro atoms. The highest BCUT2D eigenvalue weighted by Crippen LogP contribution is 2.27. The van der Waals surface area contributed by atoms with Gasteiger partial charge in [-0.15, -0.1) is 0 Å². The molecule has 0 atom stereocenters. The molecule has 3 N–H and O–H groups in total. The Balaban J connectivity index is 2.21. The average molecular weight is 423 g/mol. The van der Waals surface area contributed by atoms with E-state index in [1.54, 1.807) is 26.0 Å². The van der Waals surface area contributed by atoms with Crippen molar-refractivity contribution >= 4 is 33.0 Å². The van der Waals surface area contributed by atoms with E-state index in [0.29, 0.717) is 31.0 Å². The van der Waals surface area contributed by atoms with Crippen molar-refractivity contribution in [2.45, 2.75) is 25.7 Å². The second-order valence-corrected chi connectivity index (χ2v) is 8.15. The van der Waals surface area contributed by atoms with Crippen LogP contribution in [0.2, 0.25) is 0 Å². The minimum absolute atomic E-state index is 0.0871. The van der Waals surface area contributed by atoms with E-state index in [1.807, 2.05) is 6.92 Å². The molecule has 9 heteroatoms. The number of benzene rings is 2. The van der Waals surface area contributed by atoms with Crippen molar-refractivity contribution < 1.29 is 17.6 Å². The molecule has 0 aliphatic rings. The van der Waals surface area contributed by atoms with E-state index in [-0.39, 0.29) is 17.1 Å². The van der Waals surface area contributed by atoms with E-state index in [1.165, 1.54) is 34.6 Å². The highest BCUT2D eigenvalue weighted by Gasteiger charge is 2.22. The van der Waals surface area contributed by atoms with E-state index in [4.69, 9.17) is 0 Å². The Morgan fingerprint density at radius 2 is 1.66 bits per heavy atom. The minimum atomic E-state index is -3.63. The number of anilines is 3. The summed E-state index contributed by atoms with van der Waals surface area (Å²) in [6.45, 7) is 6.67. The molecule has 0 radical (unpaired) electrons. The summed E-state index contributed by atoms with van der Waals surface area (Å²) in [5, 5.41) is 8.57. The number of carbonyl (C=O) groups excluding carboxylic acids is 1. The van der Waals surface area contributed by atoms with Gasteiger partial charge in [0.05, 0.1) is 28.5 Å². The van der Waals surface area contributed by atoms with Gasteiger partial charge >= 0.3 is 0 Å². The van der Waals surface area contributed by atoms with Crippen LogP contribution in [0.25, 0.3) is 0 Å². The molecule has 0 heterocycles. The summed E-state index contributed by atoms with van der Waals surface area (Å²) in [5.74, 6) is -0.976. The lowest BCUT2D eigenvalue weighted by Crippen LogP contribution is -2.30. The molecular formula is C20H27FN4O3S. The van der Waals surface area contributed by atoms with Gasteiger partial charge in [0, 0.05) is 19.6 Å². The fourth-order valence-electron chi connectivity index (χ4n) is 2.82. The first-order chi connectivity index (χ1) is 13.8. The third-order valence-electron chi connectivity index (χ3n) is 4.29. The maximum atomic E-state index is 13.7. The van der Waals surface area contributed by atoms with Crippen LogP contribution < -0.4 is 16.0 Å². The zero-order chi connectivity index (χ0) is 21.4. The molecule has 0 aliphatic heterocycles. The van der Waals surface area contributed by atoms with Crippen LogP contribution in [0.5, 0.6) is 0 Å². The van der Waals surface area contributed by atoms with Gasteiger partial charge in [-0.25, -0.2) is 12.8 Å². The topological polar surface area (TPSA) is 90.5 Å². The molecule has 0 saturated heterocycles. The lowest BCUT2D eigenvalue weighted by atomic mass is 10.2. The van der Waals surface area contributed by atoms with Gasteiger partial charge in [-0.05, 0) is 37.3 Å². The van der Waals surface area contributed by atoms with Crippen molar-refractivity contribution in [3.05, 3.63) is 48.3 Å². The molecule has 2 aromatic rings. The smallest absolute Gasteiger partial charge is 0.243 e. The third-order valence-corrected chi connectivity index (χ3v) is 6.33. The first kappa shape index (κ1) is 22.6. The summed E-state index contributed by atoms with van der Waals surface area (Å²) in [6.07, 6.45) is 0. The van der Waals surface area contributed by atoms with Crippen LogP contribution in [0.4, 0.5) is 21.5 Å². The number of hydrogen-bond donors (Lipinski definition) is 3. The highest BCUT2D eigenvalue weighted by molar-refractivity contribution is 7.89. The largest absolute Gasteiger partial charge is 0.384 e. The summed E-state index contributed by atoms with van der Waals surface area (Å²) < 4.78 is 40.6. The van der Waals surface area contributed by atoms with Crippen LogP contribution in [0, 0.1) is 5.82 Å². The molecule has 0 aliphatic carbocycles. The van der Waals surface area contributed by atoms with Crippen LogP contribution >= 0.6 is 0 Å². The number of rotatable bonds is 10. The second-order valence-electron chi connectivity index (χ2n) is 6.21. The predicted octanol–water partition coefficient (Wildman–Crippen LogP) is 3.34. The average Bonchev–Trinajstić information content (AvgIpc) is 2.70. The molecule has 0 saturated carbocycles. The van der Waals surface area contributed by atoms with Gasteiger partial charge in [0.15, 0.2) is 0 Å².